The van der Waals surface area contributed by atoms with Gasteiger partial charge in [0.15, 0.2) is 0 Å². The van der Waals surface area contributed by atoms with Crippen molar-refractivity contribution < 1.29 is 4.74 Å². The van der Waals surface area contributed by atoms with E-state index in [9.17, 15) is 0 Å². The molecule has 2 aliphatic heterocycles. The minimum atomic E-state index is 0.784. The van der Waals surface area contributed by atoms with Crippen LogP contribution in [-0.4, -0.2) is 60.9 Å². The lowest BCUT2D eigenvalue weighted by Gasteiger charge is -2.36. The minimum absolute atomic E-state index is 0.784. The first-order valence-electron chi connectivity index (χ1n) is 10.1. The second kappa shape index (κ2) is 8.44. The number of morpholine rings is 1. The van der Waals surface area contributed by atoms with Crippen molar-refractivity contribution in [3.63, 3.8) is 0 Å². The van der Waals surface area contributed by atoms with Crippen LogP contribution in [0.25, 0.3) is 10.9 Å². The molecule has 2 aromatic heterocycles. The van der Waals surface area contributed by atoms with Gasteiger partial charge in [0.25, 0.3) is 0 Å². The van der Waals surface area contributed by atoms with Gasteiger partial charge in [-0.1, -0.05) is 11.6 Å². The Morgan fingerprint density at radius 3 is 2.72 bits per heavy atom. The number of nitrogens with zero attached hydrogens (tertiary/aromatic N) is 5. The van der Waals surface area contributed by atoms with Gasteiger partial charge in [-0.3, -0.25) is 4.90 Å². The molecular formula is C21H24ClN5OS. The minimum Gasteiger partial charge on any atom is -0.378 e. The quantitative estimate of drug-likeness (QED) is 0.627. The fourth-order valence-electron chi connectivity index (χ4n) is 4.13. The van der Waals surface area contributed by atoms with E-state index in [1.165, 1.54) is 10.6 Å². The third-order valence-electron chi connectivity index (χ3n) is 5.56. The molecule has 0 amide bonds. The summed E-state index contributed by atoms with van der Waals surface area (Å²) in [6.45, 7) is 7.33. The number of ether oxygens (including phenoxy) is 1. The van der Waals surface area contributed by atoms with Crippen molar-refractivity contribution in [3.05, 3.63) is 45.9 Å². The molecule has 0 radical (unpaired) electrons. The zero-order valence-corrected chi connectivity index (χ0v) is 17.8. The van der Waals surface area contributed by atoms with Gasteiger partial charge < -0.3 is 14.5 Å². The molecule has 1 aromatic carbocycles. The number of benzene rings is 1. The zero-order chi connectivity index (χ0) is 19.6. The number of anilines is 2. The SMILES string of the molecule is Clc1ccc(CN2CCCN(c3ncnc4cc(N5CCOCC5)ccc34)C2)s1. The van der Waals surface area contributed by atoms with E-state index < -0.39 is 0 Å². The Bertz CT molecular complexity index is 990. The fraction of sp³-hybridized carbons (Fsp3) is 0.429. The van der Waals surface area contributed by atoms with E-state index in [4.69, 9.17) is 16.3 Å². The monoisotopic (exact) mass is 429 g/mol. The average molecular weight is 430 g/mol. The van der Waals surface area contributed by atoms with Crippen LogP contribution in [0.1, 0.15) is 11.3 Å². The van der Waals surface area contributed by atoms with Crippen molar-refractivity contribution in [2.45, 2.75) is 13.0 Å². The van der Waals surface area contributed by atoms with E-state index in [1.54, 1.807) is 17.7 Å². The molecule has 29 heavy (non-hydrogen) atoms. The van der Waals surface area contributed by atoms with E-state index >= 15 is 0 Å². The molecule has 0 saturated carbocycles. The van der Waals surface area contributed by atoms with Crippen LogP contribution in [0.3, 0.4) is 0 Å². The van der Waals surface area contributed by atoms with Gasteiger partial charge in [0.1, 0.15) is 12.1 Å². The Hall–Kier alpha value is -1.93. The summed E-state index contributed by atoms with van der Waals surface area (Å²) in [5, 5.41) is 1.12. The first kappa shape index (κ1) is 19.1. The predicted molar refractivity (Wildman–Crippen MR) is 119 cm³/mol. The lowest BCUT2D eigenvalue weighted by molar-refractivity contribution is 0.122. The highest BCUT2D eigenvalue weighted by Crippen LogP contribution is 2.29. The molecule has 2 aliphatic rings. The molecule has 6 nitrogen and oxygen atoms in total. The van der Waals surface area contributed by atoms with Crippen molar-refractivity contribution in [1.29, 1.82) is 0 Å². The molecule has 2 saturated heterocycles. The fourth-order valence-corrected chi connectivity index (χ4v) is 5.26. The Balaban J connectivity index is 1.37. The van der Waals surface area contributed by atoms with E-state index in [0.29, 0.717) is 0 Å². The van der Waals surface area contributed by atoms with Crippen molar-refractivity contribution in [1.82, 2.24) is 14.9 Å². The lowest BCUT2D eigenvalue weighted by Crippen LogP contribution is -2.44. The van der Waals surface area contributed by atoms with E-state index in [2.05, 4.69) is 48.9 Å². The molecule has 0 unspecified atom stereocenters. The summed E-state index contributed by atoms with van der Waals surface area (Å²) in [5.74, 6) is 1.03. The number of rotatable bonds is 4. The van der Waals surface area contributed by atoms with E-state index in [0.717, 1.165) is 80.1 Å². The van der Waals surface area contributed by atoms with Crippen molar-refractivity contribution in [2.24, 2.45) is 0 Å². The van der Waals surface area contributed by atoms with Crippen LogP contribution >= 0.6 is 22.9 Å². The summed E-state index contributed by atoms with van der Waals surface area (Å²) in [4.78, 5) is 17.7. The van der Waals surface area contributed by atoms with Gasteiger partial charge in [-0.25, -0.2) is 9.97 Å². The summed E-state index contributed by atoms with van der Waals surface area (Å²) in [5.41, 5.74) is 2.21. The molecule has 0 N–H and O–H groups in total. The number of halogens is 1. The number of fused-ring (bicyclic) bond motifs is 1. The van der Waals surface area contributed by atoms with Gasteiger partial charge in [-0.05, 0) is 36.8 Å². The van der Waals surface area contributed by atoms with Crippen LogP contribution in [0.4, 0.5) is 11.5 Å². The molecule has 0 bridgehead atoms. The summed E-state index contributed by atoms with van der Waals surface area (Å²) in [7, 11) is 0. The summed E-state index contributed by atoms with van der Waals surface area (Å²) < 4.78 is 6.33. The van der Waals surface area contributed by atoms with Crippen LogP contribution in [0.2, 0.25) is 4.34 Å². The second-order valence-electron chi connectivity index (χ2n) is 7.51. The Kier molecular flexibility index (Phi) is 5.54. The molecule has 0 atom stereocenters. The molecule has 0 aliphatic carbocycles. The van der Waals surface area contributed by atoms with Gasteiger partial charge in [0.2, 0.25) is 0 Å². The highest BCUT2D eigenvalue weighted by Gasteiger charge is 2.21. The first-order valence-corrected chi connectivity index (χ1v) is 11.2. The molecule has 4 heterocycles. The van der Waals surface area contributed by atoms with Crippen LogP contribution in [0, 0.1) is 0 Å². The van der Waals surface area contributed by atoms with Gasteiger partial charge in [0, 0.05) is 48.7 Å². The number of aromatic nitrogens is 2. The Morgan fingerprint density at radius 2 is 1.90 bits per heavy atom. The summed E-state index contributed by atoms with van der Waals surface area (Å²) in [6, 6.07) is 10.6. The smallest absolute Gasteiger partial charge is 0.140 e. The summed E-state index contributed by atoms with van der Waals surface area (Å²) in [6.07, 6.45) is 2.81. The first-order chi connectivity index (χ1) is 14.3. The highest BCUT2D eigenvalue weighted by atomic mass is 35.5. The number of thiophene rings is 1. The zero-order valence-electron chi connectivity index (χ0n) is 16.3. The maximum Gasteiger partial charge on any atom is 0.140 e. The summed E-state index contributed by atoms with van der Waals surface area (Å²) >= 11 is 7.76. The highest BCUT2D eigenvalue weighted by molar-refractivity contribution is 7.16. The third-order valence-corrected chi connectivity index (χ3v) is 6.77. The maximum atomic E-state index is 6.10. The van der Waals surface area contributed by atoms with Gasteiger partial charge >= 0.3 is 0 Å². The van der Waals surface area contributed by atoms with Crippen LogP contribution in [0.5, 0.6) is 0 Å². The molecule has 0 spiro atoms. The molecule has 3 aromatic rings. The lowest BCUT2D eigenvalue weighted by atomic mass is 10.1. The Morgan fingerprint density at radius 1 is 1.00 bits per heavy atom. The number of hydrogen-bond acceptors (Lipinski definition) is 7. The maximum absolute atomic E-state index is 6.10. The topological polar surface area (TPSA) is 44.7 Å². The van der Waals surface area contributed by atoms with E-state index in [1.807, 2.05) is 6.07 Å². The van der Waals surface area contributed by atoms with Gasteiger partial charge in [-0.15, -0.1) is 11.3 Å². The molecular weight excluding hydrogens is 406 g/mol. The molecule has 5 rings (SSSR count). The van der Waals surface area contributed by atoms with Crippen LogP contribution < -0.4 is 9.80 Å². The average Bonchev–Trinajstić information content (AvgIpc) is 3.18. The molecule has 2 fully saturated rings. The predicted octanol–water partition coefficient (Wildman–Crippen LogP) is 3.85. The number of hydrogen-bond donors (Lipinski definition) is 0. The normalized spacial score (nSPS) is 18.5. The van der Waals surface area contributed by atoms with Crippen LogP contribution in [0.15, 0.2) is 36.7 Å². The molecule has 8 heteroatoms. The van der Waals surface area contributed by atoms with Crippen molar-refractivity contribution in [2.75, 3.05) is 55.9 Å². The van der Waals surface area contributed by atoms with Crippen LogP contribution in [-0.2, 0) is 11.3 Å². The Labute approximate surface area is 179 Å². The van der Waals surface area contributed by atoms with Crippen molar-refractivity contribution in [3.8, 4) is 0 Å². The molecule has 152 valence electrons. The largest absolute Gasteiger partial charge is 0.378 e. The standard InChI is InChI=1S/C21H24ClN5OS/c22-20-5-3-17(29-20)13-25-6-1-7-27(15-25)21-18-4-2-16(12-19(18)23-14-24-21)26-8-10-28-11-9-26/h2-5,12,14H,1,6-11,13,15H2. The van der Waals surface area contributed by atoms with Gasteiger partial charge in [-0.2, -0.15) is 0 Å². The third kappa shape index (κ3) is 4.19. The second-order valence-corrected chi connectivity index (χ2v) is 9.31. The van der Waals surface area contributed by atoms with Gasteiger partial charge in [0.05, 0.1) is 29.7 Å². The van der Waals surface area contributed by atoms with E-state index in [-0.39, 0.29) is 0 Å². The van der Waals surface area contributed by atoms with Crippen molar-refractivity contribution >= 4 is 45.3 Å².